The molecule has 4 rings (SSSR count). The number of carbonyl (C=O) groups excluding carboxylic acids is 1. The molecule has 25 heavy (non-hydrogen) atoms. The summed E-state index contributed by atoms with van der Waals surface area (Å²) in [5.41, 5.74) is 2.70. The fourth-order valence-electron chi connectivity index (χ4n) is 3.27. The SMILES string of the molecule is O=C(CC1CCOCC1)Nc1ccc(-c2cc3ccccc3o2)cc1. The van der Waals surface area contributed by atoms with Crippen molar-refractivity contribution in [3.8, 4) is 11.3 Å². The Labute approximate surface area is 146 Å². The number of nitrogens with one attached hydrogen (secondary N) is 1. The number of hydrogen-bond acceptors (Lipinski definition) is 3. The van der Waals surface area contributed by atoms with Gasteiger partial charge in [0.2, 0.25) is 5.91 Å². The van der Waals surface area contributed by atoms with E-state index >= 15 is 0 Å². The Morgan fingerprint density at radius 2 is 1.80 bits per heavy atom. The first-order chi connectivity index (χ1) is 12.3. The van der Waals surface area contributed by atoms with Crippen LogP contribution in [0.5, 0.6) is 0 Å². The number of hydrogen-bond donors (Lipinski definition) is 1. The van der Waals surface area contributed by atoms with Gasteiger partial charge in [0.25, 0.3) is 0 Å². The molecule has 3 aromatic rings. The van der Waals surface area contributed by atoms with Crippen molar-refractivity contribution in [2.75, 3.05) is 18.5 Å². The van der Waals surface area contributed by atoms with Gasteiger partial charge >= 0.3 is 0 Å². The topological polar surface area (TPSA) is 51.5 Å². The second kappa shape index (κ2) is 7.11. The molecule has 0 unspecified atom stereocenters. The van der Waals surface area contributed by atoms with E-state index in [2.05, 4.69) is 5.32 Å². The molecule has 0 saturated carbocycles. The Kier molecular flexibility index (Phi) is 4.53. The van der Waals surface area contributed by atoms with Crippen LogP contribution in [0.3, 0.4) is 0 Å². The summed E-state index contributed by atoms with van der Waals surface area (Å²) in [6.45, 7) is 1.54. The van der Waals surface area contributed by atoms with Crippen molar-refractivity contribution in [3.05, 3.63) is 54.6 Å². The lowest BCUT2D eigenvalue weighted by Crippen LogP contribution is -2.22. The number of furan rings is 1. The van der Waals surface area contributed by atoms with Gasteiger partial charge in [0.1, 0.15) is 11.3 Å². The largest absolute Gasteiger partial charge is 0.456 e. The van der Waals surface area contributed by atoms with Gasteiger partial charge < -0.3 is 14.5 Å². The molecule has 1 aromatic heterocycles. The van der Waals surface area contributed by atoms with E-state index < -0.39 is 0 Å². The molecular formula is C21H21NO3. The Hall–Kier alpha value is -2.59. The Balaban J connectivity index is 1.41. The third-order valence-electron chi connectivity index (χ3n) is 4.69. The Morgan fingerprint density at radius 1 is 1.04 bits per heavy atom. The van der Waals surface area contributed by atoms with Gasteiger partial charge in [-0.15, -0.1) is 0 Å². The number of rotatable bonds is 4. The summed E-state index contributed by atoms with van der Waals surface area (Å²) in [6.07, 6.45) is 2.51. The van der Waals surface area contributed by atoms with Crippen LogP contribution < -0.4 is 5.32 Å². The Morgan fingerprint density at radius 3 is 2.56 bits per heavy atom. The maximum absolute atomic E-state index is 12.2. The van der Waals surface area contributed by atoms with E-state index in [0.29, 0.717) is 12.3 Å². The first kappa shape index (κ1) is 15.9. The van der Waals surface area contributed by atoms with Crippen LogP contribution >= 0.6 is 0 Å². The summed E-state index contributed by atoms with van der Waals surface area (Å²) in [7, 11) is 0. The molecule has 0 spiro atoms. The van der Waals surface area contributed by atoms with Gasteiger partial charge in [0.15, 0.2) is 0 Å². The zero-order valence-corrected chi connectivity index (χ0v) is 14.0. The van der Waals surface area contributed by atoms with Crippen molar-refractivity contribution in [1.82, 2.24) is 0 Å². The lowest BCUT2D eigenvalue weighted by Gasteiger charge is -2.21. The van der Waals surface area contributed by atoms with E-state index in [9.17, 15) is 4.79 Å². The minimum absolute atomic E-state index is 0.0726. The number of fused-ring (bicyclic) bond motifs is 1. The third kappa shape index (κ3) is 3.74. The molecule has 1 aliphatic heterocycles. The van der Waals surface area contributed by atoms with E-state index in [1.54, 1.807) is 0 Å². The lowest BCUT2D eigenvalue weighted by molar-refractivity contribution is -0.117. The predicted molar refractivity (Wildman–Crippen MR) is 98.4 cm³/mol. The zero-order valence-electron chi connectivity index (χ0n) is 14.0. The molecule has 0 radical (unpaired) electrons. The molecule has 0 aliphatic carbocycles. The van der Waals surface area contributed by atoms with E-state index in [4.69, 9.17) is 9.15 Å². The molecule has 128 valence electrons. The van der Waals surface area contributed by atoms with Gasteiger partial charge in [0.05, 0.1) is 0 Å². The van der Waals surface area contributed by atoms with E-state index in [1.807, 2.05) is 54.6 Å². The highest BCUT2D eigenvalue weighted by Gasteiger charge is 2.17. The van der Waals surface area contributed by atoms with Crippen molar-refractivity contribution in [3.63, 3.8) is 0 Å². The quantitative estimate of drug-likeness (QED) is 0.741. The number of ether oxygens (including phenoxy) is 1. The summed E-state index contributed by atoms with van der Waals surface area (Å²) < 4.78 is 11.2. The highest BCUT2D eigenvalue weighted by Crippen LogP contribution is 2.28. The van der Waals surface area contributed by atoms with Crippen molar-refractivity contribution in [1.29, 1.82) is 0 Å². The van der Waals surface area contributed by atoms with E-state index in [-0.39, 0.29) is 5.91 Å². The maximum Gasteiger partial charge on any atom is 0.224 e. The van der Waals surface area contributed by atoms with Crippen molar-refractivity contribution in [2.24, 2.45) is 5.92 Å². The minimum atomic E-state index is 0.0726. The summed E-state index contributed by atoms with van der Waals surface area (Å²) in [5, 5.41) is 4.07. The smallest absolute Gasteiger partial charge is 0.224 e. The lowest BCUT2D eigenvalue weighted by atomic mass is 9.96. The predicted octanol–water partition coefficient (Wildman–Crippen LogP) is 4.86. The fraction of sp³-hybridized carbons (Fsp3) is 0.286. The van der Waals surface area contributed by atoms with Gasteiger partial charge in [0, 0.05) is 36.3 Å². The second-order valence-corrected chi connectivity index (χ2v) is 6.53. The van der Waals surface area contributed by atoms with E-state index in [0.717, 1.165) is 54.0 Å². The summed E-state index contributed by atoms with van der Waals surface area (Å²) >= 11 is 0. The van der Waals surface area contributed by atoms with Crippen LogP contribution in [0.1, 0.15) is 19.3 Å². The normalized spacial score (nSPS) is 15.4. The molecular weight excluding hydrogens is 314 g/mol. The van der Waals surface area contributed by atoms with Crippen LogP contribution in [0.4, 0.5) is 5.69 Å². The van der Waals surface area contributed by atoms with Crippen LogP contribution in [-0.2, 0) is 9.53 Å². The third-order valence-corrected chi connectivity index (χ3v) is 4.69. The minimum Gasteiger partial charge on any atom is -0.456 e. The zero-order chi connectivity index (χ0) is 17.1. The highest BCUT2D eigenvalue weighted by atomic mass is 16.5. The molecule has 4 heteroatoms. The van der Waals surface area contributed by atoms with E-state index in [1.165, 1.54) is 0 Å². The summed E-state index contributed by atoms with van der Waals surface area (Å²) in [4.78, 5) is 12.2. The molecule has 2 heterocycles. The average molecular weight is 335 g/mol. The molecule has 1 saturated heterocycles. The number of amides is 1. The standard InChI is InChI=1S/C21H21NO3/c23-21(13-15-9-11-24-12-10-15)22-18-7-5-16(6-8-18)20-14-17-3-1-2-4-19(17)25-20/h1-8,14-15H,9-13H2,(H,22,23). The molecule has 0 bridgehead atoms. The number of carbonyl (C=O) groups is 1. The monoisotopic (exact) mass is 335 g/mol. The highest BCUT2D eigenvalue weighted by molar-refractivity contribution is 5.91. The second-order valence-electron chi connectivity index (χ2n) is 6.53. The Bertz CT molecular complexity index is 827. The van der Waals surface area contributed by atoms with Crippen LogP contribution in [0.2, 0.25) is 0 Å². The van der Waals surface area contributed by atoms with Crippen molar-refractivity contribution < 1.29 is 13.9 Å². The maximum atomic E-state index is 12.2. The number of benzene rings is 2. The first-order valence-electron chi connectivity index (χ1n) is 8.74. The van der Waals surface area contributed by atoms with Crippen molar-refractivity contribution in [2.45, 2.75) is 19.3 Å². The molecule has 0 atom stereocenters. The molecule has 4 nitrogen and oxygen atoms in total. The first-order valence-corrected chi connectivity index (χ1v) is 8.74. The number of anilines is 1. The van der Waals surface area contributed by atoms with Crippen LogP contribution in [0, 0.1) is 5.92 Å². The summed E-state index contributed by atoms with van der Waals surface area (Å²) in [6, 6.07) is 17.8. The van der Waals surface area contributed by atoms with Gasteiger partial charge in [-0.1, -0.05) is 18.2 Å². The van der Waals surface area contributed by atoms with Gasteiger partial charge in [-0.05, 0) is 55.2 Å². The van der Waals surface area contributed by atoms with Crippen LogP contribution in [0.15, 0.2) is 59.0 Å². The van der Waals surface area contributed by atoms with Gasteiger partial charge in [-0.2, -0.15) is 0 Å². The molecule has 1 amide bonds. The average Bonchev–Trinajstić information content (AvgIpc) is 3.07. The molecule has 1 aliphatic rings. The van der Waals surface area contributed by atoms with Crippen molar-refractivity contribution >= 4 is 22.6 Å². The fourth-order valence-corrected chi connectivity index (χ4v) is 3.27. The van der Waals surface area contributed by atoms with Gasteiger partial charge in [-0.3, -0.25) is 4.79 Å². The number of para-hydroxylation sites is 1. The summed E-state index contributed by atoms with van der Waals surface area (Å²) in [5.74, 6) is 1.34. The molecule has 1 fully saturated rings. The van der Waals surface area contributed by atoms with Gasteiger partial charge in [-0.25, -0.2) is 0 Å². The molecule has 2 aromatic carbocycles. The van der Waals surface area contributed by atoms with Crippen LogP contribution in [0.25, 0.3) is 22.3 Å². The van der Waals surface area contributed by atoms with Crippen LogP contribution in [-0.4, -0.2) is 19.1 Å². The molecule has 1 N–H and O–H groups in total.